The average molecular weight is 637 g/mol. The quantitative estimate of drug-likeness (QED) is 0.188. The molecule has 0 atom stereocenters. The molecule has 0 spiro atoms. The van der Waals surface area contributed by atoms with Gasteiger partial charge in [-0.05, 0) is 84.1 Å². The number of hydrogen-bond donors (Lipinski definition) is 0. The molecule has 0 bridgehead atoms. The highest BCUT2D eigenvalue weighted by Crippen LogP contribution is 2.46. The molecular formula is C43H29FN4O. The average Bonchev–Trinajstić information content (AvgIpc) is 3.14. The van der Waals surface area contributed by atoms with Crippen LogP contribution in [0.4, 0.5) is 4.39 Å². The summed E-state index contributed by atoms with van der Waals surface area (Å²) in [7, 11) is 0. The van der Waals surface area contributed by atoms with Gasteiger partial charge in [0.05, 0.1) is 11.6 Å². The van der Waals surface area contributed by atoms with Crippen molar-refractivity contribution >= 4 is 0 Å². The maximum Gasteiger partial charge on any atom is 0.164 e. The van der Waals surface area contributed by atoms with Crippen molar-refractivity contribution in [2.24, 2.45) is 0 Å². The normalized spacial score (nSPS) is 12.7. The number of rotatable bonds is 5. The summed E-state index contributed by atoms with van der Waals surface area (Å²) in [6, 6.07) is 46.4. The van der Waals surface area contributed by atoms with Crippen LogP contribution in [0.15, 0.2) is 140 Å². The first-order valence-electron chi connectivity index (χ1n) is 16.0. The van der Waals surface area contributed by atoms with E-state index in [1.54, 1.807) is 12.1 Å². The van der Waals surface area contributed by atoms with Crippen LogP contribution in [-0.4, -0.2) is 15.0 Å². The lowest BCUT2D eigenvalue weighted by Gasteiger charge is -2.35. The van der Waals surface area contributed by atoms with Gasteiger partial charge in [-0.15, -0.1) is 0 Å². The zero-order chi connectivity index (χ0) is 33.5. The standard InChI is InChI=1S/C43H29FN4O/c1-43(2)38-14-7-6-13-36(38)37-20-19-31(25-39(37)49-43)33-22-34(24-35(44)23-33)42-47-40(29-9-4-3-5-10-29)46-41(48-42)32-12-8-11-30(21-32)28-17-15-27(26-45)16-18-28/h3-25H,1-2H3. The predicted octanol–water partition coefficient (Wildman–Crippen LogP) is 10.5. The Bertz CT molecular complexity index is 2410. The van der Waals surface area contributed by atoms with Crippen LogP contribution >= 0.6 is 0 Å². The van der Waals surface area contributed by atoms with Gasteiger partial charge >= 0.3 is 0 Å². The van der Waals surface area contributed by atoms with Gasteiger partial charge in [0.2, 0.25) is 0 Å². The summed E-state index contributed by atoms with van der Waals surface area (Å²) in [5, 5.41) is 9.23. The van der Waals surface area contributed by atoms with E-state index in [1.165, 1.54) is 12.1 Å². The van der Waals surface area contributed by atoms with Crippen LogP contribution in [-0.2, 0) is 5.60 Å². The molecule has 0 saturated heterocycles. The molecule has 6 heteroatoms. The predicted molar refractivity (Wildman–Crippen MR) is 191 cm³/mol. The minimum atomic E-state index is -0.512. The highest BCUT2D eigenvalue weighted by atomic mass is 19.1. The topological polar surface area (TPSA) is 71.7 Å². The smallest absolute Gasteiger partial charge is 0.164 e. The summed E-state index contributed by atoms with van der Waals surface area (Å²) < 4.78 is 22.0. The Hall–Kier alpha value is -6.45. The Balaban J connectivity index is 1.23. The maximum atomic E-state index is 15.5. The van der Waals surface area contributed by atoms with E-state index in [0.717, 1.165) is 50.3 Å². The van der Waals surface area contributed by atoms with E-state index in [2.05, 4.69) is 32.0 Å². The highest BCUT2D eigenvalue weighted by Gasteiger charge is 2.32. The van der Waals surface area contributed by atoms with Gasteiger partial charge < -0.3 is 4.74 Å². The maximum absolute atomic E-state index is 15.5. The van der Waals surface area contributed by atoms with E-state index in [0.29, 0.717) is 34.2 Å². The molecule has 0 saturated carbocycles. The van der Waals surface area contributed by atoms with E-state index in [4.69, 9.17) is 19.7 Å². The van der Waals surface area contributed by atoms with Crippen LogP contribution in [0.25, 0.3) is 67.5 Å². The second-order valence-corrected chi connectivity index (χ2v) is 12.5. The minimum Gasteiger partial charge on any atom is -0.482 e. The highest BCUT2D eigenvalue weighted by molar-refractivity contribution is 5.82. The molecule has 0 radical (unpaired) electrons. The molecule has 0 amide bonds. The molecule has 8 rings (SSSR count). The third kappa shape index (κ3) is 5.72. The fourth-order valence-corrected chi connectivity index (χ4v) is 6.39. The fraction of sp³-hybridized carbons (Fsp3) is 0.0698. The van der Waals surface area contributed by atoms with Crippen LogP contribution in [0.3, 0.4) is 0 Å². The number of fused-ring (bicyclic) bond motifs is 3. The SMILES string of the molecule is CC1(C)Oc2cc(-c3cc(F)cc(-c4nc(-c5ccccc5)nc(-c5cccc(-c6ccc(C#N)cc6)c5)n4)c3)ccc2-c2ccccc21. The lowest BCUT2D eigenvalue weighted by atomic mass is 9.85. The monoisotopic (exact) mass is 636 g/mol. The van der Waals surface area contributed by atoms with Crippen molar-refractivity contribution in [3.05, 3.63) is 156 Å². The number of nitrogens with zero attached hydrogens (tertiary/aromatic N) is 4. The molecule has 234 valence electrons. The van der Waals surface area contributed by atoms with Gasteiger partial charge in [0, 0.05) is 27.8 Å². The van der Waals surface area contributed by atoms with Gasteiger partial charge in [-0.2, -0.15) is 5.26 Å². The van der Waals surface area contributed by atoms with Crippen molar-refractivity contribution in [2.45, 2.75) is 19.4 Å². The zero-order valence-electron chi connectivity index (χ0n) is 26.9. The molecule has 1 aromatic heterocycles. The van der Waals surface area contributed by atoms with Crippen LogP contribution in [0, 0.1) is 17.1 Å². The summed E-state index contributed by atoms with van der Waals surface area (Å²) in [6.45, 7) is 4.12. The first-order chi connectivity index (χ1) is 23.8. The molecule has 0 aliphatic carbocycles. The molecule has 2 heterocycles. The Morgan fingerprint density at radius 1 is 0.531 bits per heavy atom. The lowest BCUT2D eigenvalue weighted by Crippen LogP contribution is -2.29. The van der Waals surface area contributed by atoms with Gasteiger partial charge in [0.25, 0.3) is 0 Å². The van der Waals surface area contributed by atoms with Crippen LogP contribution in [0.5, 0.6) is 5.75 Å². The van der Waals surface area contributed by atoms with Crippen LogP contribution in [0.2, 0.25) is 0 Å². The van der Waals surface area contributed by atoms with E-state index >= 15 is 4.39 Å². The first kappa shape index (κ1) is 29.9. The van der Waals surface area contributed by atoms with Crippen LogP contribution in [0.1, 0.15) is 25.0 Å². The zero-order valence-corrected chi connectivity index (χ0v) is 26.9. The van der Waals surface area contributed by atoms with E-state index in [9.17, 15) is 5.26 Å². The minimum absolute atomic E-state index is 0.359. The van der Waals surface area contributed by atoms with Crippen molar-refractivity contribution < 1.29 is 9.13 Å². The first-order valence-corrected chi connectivity index (χ1v) is 16.0. The van der Waals surface area contributed by atoms with Crippen molar-refractivity contribution in [3.63, 3.8) is 0 Å². The lowest BCUT2D eigenvalue weighted by molar-refractivity contribution is 0.106. The van der Waals surface area contributed by atoms with Gasteiger partial charge in [0.1, 0.15) is 17.2 Å². The third-order valence-corrected chi connectivity index (χ3v) is 8.84. The molecule has 1 aliphatic heterocycles. The van der Waals surface area contributed by atoms with Crippen molar-refractivity contribution in [3.8, 4) is 79.4 Å². The summed E-state index contributed by atoms with van der Waals surface area (Å²) in [4.78, 5) is 14.6. The number of hydrogen-bond acceptors (Lipinski definition) is 5. The van der Waals surface area contributed by atoms with Crippen LogP contribution < -0.4 is 4.74 Å². The molecule has 0 N–H and O–H groups in total. The summed E-state index contributed by atoms with van der Waals surface area (Å²) >= 11 is 0. The Labute approximate surface area is 284 Å². The molecule has 0 unspecified atom stereocenters. The van der Waals surface area contributed by atoms with Gasteiger partial charge in [0.15, 0.2) is 17.5 Å². The number of ether oxygens (including phenoxy) is 1. The van der Waals surface area contributed by atoms with E-state index < -0.39 is 11.4 Å². The Kier molecular flexibility index (Phi) is 7.31. The fourth-order valence-electron chi connectivity index (χ4n) is 6.39. The summed E-state index contributed by atoms with van der Waals surface area (Å²) in [5.41, 5.74) is 8.93. The van der Waals surface area contributed by atoms with Crippen molar-refractivity contribution in [1.82, 2.24) is 15.0 Å². The van der Waals surface area contributed by atoms with E-state index in [-0.39, 0.29) is 0 Å². The second kappa shape index (κ2) is 12.0. The molecular weight excluding hydrogens is 607 g/mol. The largest absolute Gasteiger partial charge is 0.482 e. The number of nitriles is 1. The second-order valence-electron chi connectivity index (χ2n) is 12.5. The summed E-state index contributed by atoms with van der Waals surface area (Å²) in [6.07, 6.45) is 0. The van der Waals surface area contributed by atoms with Gasteiger partial charge in [-0.1, -0.05) is 97.1 Å². The molecule has 5 nitrogen and oxygen atoms in total. The van der Waals surface area contributed by atoms with Gasteiger partial charge in [-0.25, -0.2) is 19.3 Å². The van der Waals surface area contributed by atoms with Crippen molar-refractivity contribution in [2.75, 3.05) is 0 Å². The molecule has 7 aromatic rings. The van der Waals surface area contributed by atoms with Crippen molar-refractivity contribution in [1.29, 1.82) is 5.26 Å². The Morgan fingerprint density at radius 2 is 1.12 bits per heavy atom. The van der Waals surface area contributed by atoms with Gasteiger partial charge in [-0.3, -0.25) is 0 Å². The molecule has 6 aromatic carbocycles. The molecule has 49 heavy (non-hydrogen) atoms. The number of halogens is 1. The Morgan fingerprint density at radius 3 is 1.90 bits per heavy atom. The number of benzene rings is 6. The molecule has 0 fully saturated rings. The third-order valence-electron chi connectivity index (χ3n) is 8.84. The number of aromatic nitrogens is 3. The summed E-state index contributed by atoms with van der Waals surface area (Å²) in [5.74, 6) is 1.66. The van der Waals surface area contributed by atoms with E-state index in [1.807, 2.05) is 103 Å². The molecule has 1 aliphatic rings.